The van der Waals surface area contributed by atoms with Crippen LogP contribution in [0.5, 0.6) is 0 Å². The molecule has 0 amide bonds. The summed E-state index contributed by atoms with van der Waals surface area (Å²) < 4.78 is 36.8. The maximum absolute atomic E-state index is 14.9. The minimum absolute atomic E-state index is 0.321. The molecule has 0 radical (unpaired) electrons. The molecule has 0 saturated heterocycles. The normalized spacial score (nSPS) is 15.0. The van der Waals surface area contributed by atoms with E-state index < -0.39 is 10.8 Å². The van der Waals surface area contributed by atoms with E-state index in [-0.39, 0.29) is 11.6 Å². The van der Waals surface area contributed by atoms with Crippen molar-refractivity contribution < 1.29 is 13.2 Å². The summed E-state index contributed by atoms with van der Waals surface area (Å²) in [5.74, 6) is -0.641. The number of rotatable bonds is 14. The van der Waals surface area contributed by atoms with Crippen molar-refractivity contribution >= 4 is 68.2 Å². The van der Waals surface area contributed by atoms with Gasteiger partial charge in [0.2, 0.25) is 0 Å². The molecule has 2 atom stereocenters. The van der Waals surface area contributed by atoms with Gasteiger partial charge in [0.25, 0.3) is 0 Å². The fourth-order valence-electron chi connectivity index (χ4n) is 15.4. The molecule has 0 bridgehead atoms. The number of halogens is 2. The summed E-state index contributed by atoms with van der Waals surface area (Å²) >= 11 is 0. The van der Waals surface area contributed by atoms with E-state index in [9.17, 15) is 8.78 Å². The molecule has 0 saturated carbocycles. The van der Waals surface area contributed by atoms with Crippen molar-refractivity contribution in [3.05, 3.63) is 408 Å². The Morgan fingerprint density at radius 1 is 0.274 bits per heavy atom. The van der Waals surface area contributed by atoms with E-state index >= 15 is 0 Å². The second-order valence-corrected chi connectivity index (χ2v) is 24.7. The molecule has 2 unspecified atom stereocenters. The first-order valence-corrected chi connectivity index (χ1v) is 32.1. The topological polar surface area (TPSA) is 19.6 Å². The van der Waals surface area contributed by atoms with Crippen LogP contribution in [0.4, 0.5) is 42.9 Å². The first kappa shape index (κ1) is 56.8. The van der Waals surface area contributed by atoms with Crippen LogP contribution in [-0.4, -0.2) is 0 Å². The van der Waals surface area contributed by atoms with Crippen LogP contribution in [0.25, 0.3) is 78.6 Å². The van der Waals surface area contributed by atoms with Gasteiger partial charge in [-0.1, -0.05) is 232 Å². The molecule has 0 N–H and O–H groups in total. The molecule has 1 aromatic heterocycles. The molecule has 2 aliphatic carbocycles. The van der Waals surface area contributed by atoms with Gasteiger partial charge in [0.05, 0.1) is 10.8 Å². The summed E-state index contributed by atoms with van der Waals surface area (Å²) in [6, 6.07) is 114. The molecule has 5 heteroatoms. The van der Waals surface area contributed by atoms with Crippen molar-refractivity contribution in [1.82, 2.24) is 0 Å². The lowest BCUT2D eigenvalue weighted by Gasteiger charge is -2.34. The highest BCUT2D eigenvalue weighted by Crippen LogP contribution is 2.59. The molecule has 95 heavy (non-hydrogen) atoms. The summed E-state index contributed by atoms with van der Waals surface area (Å²) in [6.07, 6.45) is 3.78. The van der Waals surface area contributed by atoms with E-state index in [0.717, 1.165) is 78.3 Å². The van der Waals surface area contributed by atoms with E-state index in [4.69, 9.17) is 4.42 Å². The van der Waals surface area contributed by atoms with Gasteiger partial charge in [-0.2, -0.15) is 0 Å². The van der Waals surface area contributed by atoms with E-state index in [1.54, 1.807) is 0 Å². The molecule has 14 aromatic carbocycles. The Labute approximate surface area is 551 Å². The third-order valence-electron chi connectivity index (χ3n) is 19.7. The minimum Gasteiger partial charge on any atom is -0.456 e. The highest BCUT2D eigenvalue weighted by atomic mass is 19.1. The van der Waals surface area contributed by atoms with Gasteiger partial charge in [0, 0.05) is 57.0 Å². The number of benzene rings is 14. The zero-order valence-electron chi connectivity index (χ0n) is 51.8. The van der Waals surface area contributed by atoms with Crippen LogP contribution in [-0.2, 0) is 10.8 Å². The third kappa shape index (κ3) is 9.22. The van der Waals surface area contributed by atoms with Crippen molar-refractivity contribution in [2.75, 3.05) is 9.80 Å². The quantitative estimate of drug-likeness (QED) is 0.108. The van der Waals surface area contributed by atoms with Crippen LogP contribution in [0.2, 0.25) is 0 Å². The van der Waals surface area contributed by atoms with Gasteiger partial charge in [-0.3, -0.25) is 0 Å². The van der Waals surface area contributed by atoms with Crippen molar-refractivity contribution in [2.24, 2.45) is 0 Å². The number of nitrogens with zero attached hydrogens (tertiary/aromatic N) is 2. The van der Waals surface area contributed by atoms with Gasteiger partial charge in [0.1, 0.15) is 22.8 Å². The van der Waals surface area contributed by atoms with Crippen LogP contribution in [0.1, 0.15) is 55.6 Å². The Morgan fingerprint density at radius 2 is 0.621 bits per heavy atom. The lowest BCUT2D eigenvalue weighted by atomic mass is 9.67. The monoisotopic (exact) mass is 1220 g/mol. The van der Waals surface area contributed by atoms with Crippen molar-refractivity contribution in [3.63, 3.8) is 0 Å². The molecule has 1 heterocycles. The highest BCUT2D eigenvalue weighted by Gasteiger charge is 2.48. The van der Waals surface area contributed by atoms with Gasteiger partial charge < -0.3 is 14.2 Å². The lowest BCUT2D eigenvalue weighted by Crippen LogP contribution is -2.28. The largest absolute Gasteiger partial charge is 0.456 e. The fraction of sp³-hybridized carbons (Fsp3) is 0.0222. The number of fused-ring (bicyclic) bond motifs is 9. The Kier molecular flexibility index (Phi) is 13.7. The van der Waals surface area contributed by atoms with Crippen molar-refractivity contribution in [3.8, 4) is 44.5 Å². The van der Waals surface area contributed by atoms with Crippen LogP contribution < -0.4 is 9.80 Å². The first-order valence-electron chi connectivity index (χ1n) is 32.1. The number of anilines is 6. The SMILES string of the molecule is C=Cc1ccc(C2(c3ccccc3)c3ccccc3-c3ccc(-c4cccc(N(c5ccc(F)cc5)c5ccc6c(c5)oc5cc(N(c7ccc(F)cc7)c7cccc(-c8ccc9c(c8)C(c8ccccc8)(c8ccc(C=C)cc8)c8ccccc8-9)c7)ccc56)c4)cc32)cc1. The summed E-state index contributed by atoms with van der Waals surface area (Å²) in [6.45, 7) is 8.12. The summed E-state index contributed by atoms with van der Waals surface area (Å²) in [4.78, 5) is 4.32. The van der Waals surface area contributed by atoms with E-state index in [1.807, 2.05) is 36.4 Å². The Morgan fingerprint density at radius 3 is 1.03 bits per heavy atom. The average molecular weight is 1220 g/mol. The Balaban J connectivity index is 0.752. The maximum atomic E-state index is 14.9. The van der Waals surface area contributed by atoms with E-state index in [1.165, 1.54) is 91.0 Å². The van der Waals surface area contributed by atoms with Crippen molar-refractivity contribution in [1.29, 1.82) is 0 Å². The second kappa shape index (κ2) is 22.9. The Bertz CT molecular complexity index is 5140. The Hall–Kier alpha value is -12.2. The number of hydrogen-bond acceptors (Lipinski definition) is 3. The molecular weight excluding hydrogens is 1160 g/mol. The van der Waals surface area contributed by atoms with Crippen LogP contribution in [0.3, 0.4) is 0 Å². The van der Waals surface area contributed by atoms with Crippen LogP contribution in [0.15, 0.2) is 345 Å². The molecule has 17 rings (SSSR count). The predicted octanol–water partition coefficient (Wildman–Crippen LogP) is 24.2. The van der Waals surface area contributed by atoms with Gasteiger partial charge >= 0.3 is 0 Å². The summed E-state index contributed by atoms with van der Waals surface area (Å²) in [5, 5.41) is 1.89. The highest BCUT2D eigenvalue weighted by molar-refractivity contribution is 6.07. The fourth-order valence-corrected chi connectivity index (χ4v) is 15.4. The molecule has 2 aliphatic rings. The molecule has 0 spiro atoms. The number of hydrogen-bond donors (Lipinski definition) is 0. The van der Waals surface area contributed by atoms with Gasteiger partial charge in [-0.15, -0.1) is 0 Å². The standard InChI is InChI=1S/C90H60F2N2O/c1-3-59-29-35-67(36-30-59)89(65-19-7-5-8-20-65)83-27-13-11-25-77(83)79-49-33-63(55-85(79)89)61-17-15-23-73(53-61)93(71-43-39-69(91)40-44-71)75-47-51-81-82-52-48-76(58-88(82)95-87(81)57-75)94(72-45-41-70(92)42-46-72)74-24-16-18-62(54-74)64-34-50-80-78-26-12-14-28-84(78)90(86(80)56-64,66-21-9-6-10-22-66)68-37-31-60(4-2)32-38-68/h3-58H,1-2H2. The average Bonchev–Trinajstić information content (AvgIpc) is 1.56. The van der Waals surface area contributed by atoms with E-state index in [0.29, 0.717) is 11.2 Å². The summed E-state index contributed by atoms with van der Waals surface area (Å²) in [7, 11) is 0. The zero-order valence-corrected chi connectivity index (χ0v) is 51.8. The second-order valence-electron chi connectivity index (χ2n) is 24.7. The smallest absolute Gasteiger partial charge is 0.137 e. The molecular formula is C90H60F2N2O. The lowest BCUT2D eigenvalue weighted by molar-refractivity contribution is 0.627. The first-order chi connectivity index (χ1) is 46.8. The zero-order chi connectivity index (χ0) is 63.8. The van der Waals surface area contributed by atoms with Crippen LogP contribution in [0, 0.1) is 11.6 Å². The number of furan rings is 1. The van der Waals surface area contributed by atoms with Gasteiger partial charge in [-0.05, 0) is 209 Å². The minimum atomic E-state index is -0.593. The van der Waals surface area contributed by atoms with E-state index in [2.05, 4.69) is 302 Å². The summed E-state index contributed by atoms with van der Waals surface area (Å²) in [5.41, 5.74) is 26.0. The molecule has 450 valence electrons. The third-order valence-corrected chi connectivity index (χ3v) is 19.7. The molecule has 0 aliphatic heterocycles. The maximum Gasteiger partial charge on any atom is 0.137 e. The van der Waals surface area contributed by atoms with Crippen molar-refractivity contribution in [2.45, 2.75) is 10.8 Å². The van der Waals surface area contributed by atoms with Gasteiger partial charge in [-0.25, -0.2) is 8.78 Å². The molecule has 3 nitrogen and oxygen atoms in total. The van der Waals surface area contributed by atoms with Crippen LogP contribution >= 0.6 is 0 Å². The predicted molar refractivity (Wildman–Crippen MR) is 389 cm³/mol. The van der Waals surface area contributed by atoms with Gasteiger partial charge in [0.15, 0.2) is 0 Å². The molecule has 0 fully saturated rings. The molecule has 15 aromatic rings.